The van der Waals surface area contributed by atoms with Gasteiger partial charge in [0, 0.05) is 13.7 Å². The van der Waals surface area contributed by atoms with Crippen molar-refractivity contribution in [1.82, 2.24) is 4.90 Å². The second-order valence-electron chi connectivity index (χ2n) is 3.72. The number of carbonyl (C=O) groups is 3. The lowest BCUT2D eigenvalue weighted by atomic mass is 10.1. The normalized spacial score (nSPS) is 11.9. The monoisotopic (exact) mass is 262 g/mol. The van der Waals surface area contributed by atoms with Crippen LogP contribution in [0.4, 0.5) is 0 Å². The van der Waals surface area contributed by atoms with Crippen LogP contribution in [0.25, 0.3) is 0 Å². The SMILES string of the molecule is COCCCC(N)C(=O)N(CC(=O)O)CC(=O)O. The van der Waals surface area contributed by atoms with Gasteiger partial charge in [0.25, 0.3) is 0 Å². The van der Waals surface area contributed by atoms with E-state index in [0.29, 0.717) is 24.3 Å². The van der Waals surface area contributed by atoms with Gasteiger partial charge in [-0.15, -0.1) is 0 Å². The summed E-state index contributed by atoms with van der Waals surface area (Å²) in [5, 5.41) is 17.2. The smallest absolute Gasteiger partial charge is 0.323 e. The molecule has 0 heterocycles. The Morgan fingerprint density at radius 1 is 1.22 bits per heavy atom. The molecule has 0 fully saturated rings. The van der Waals surface area contributed by atoms with E-state index in [1.165, 1.54) is 7.11 Å². The zero-order valence-corrected chi connectivity index (χ0v) is 10.2. The molecule has 0 aliphatic rings. The Hall–Kier alpha value is -1.67. The number of ether oxygens (including phenoxy) is 1. The summed E-state index contributed by atoms with van der Waals surface area (Å²) in [6.07, 6.45) is 0.847. The number of rotatable bonds is 9. The molecule has 0 aromatic rings. The highest BCUT2D eigenvalue weighted by Gasteiger charge is 2.24. The highest BCUT2D eigenvalue weighted by Crippen LogP contribution is 2.01. The van der Waals surface area contributed by atoms with Crippen LogP contribution in [-0.2, 0) is 19.1 Å². The number of methoxy groups -OCH3 is 1. The molecular weight excluding hydrogens is 244 g/mol. The molecule has 1 amide bonds. The first kappa shape index (κ1) is 16.3. The lowest BCUT2D eigenvalue weighted by Gasteiger charge is -2.22. The lowest BCUT2D eigenvalue weighted by Crippen LogP contribution is -2.47. The van der Waals surface area contributed by atoms with E-state index >= 15 is 0 Å². The number of aliphatic carboxylic acids is 2. The quantitative estimate of drug-likeness (QED) is 0.442. The summed E-state index contributed by atoms with van der Waals surface area (Å²) in [4.78, 5) is 33.5. The summed E-state index contributed by atoms with van der Waals surface area (Å²) in [7, 11) is 1.51. The van der Waals surface area contributed by atoms with Gasteiger partial charge in [0.05, 0.1) is 6.04 Å². The van der Waals surface area contributed by atoms with Crippen LogP contribution in [0, 0.1) is 0 Å². The maximum absolute atomic E-state index is 11.7. The molecule has 0 spiro atoms. The highest BCUT2D eigenvalue weighted by molar-refractivity contribution is 5.88. The second-order valence-corrected chi connectivity index (χ2v) is 3.72. The molecular formula is C10H18N2O6. The third-order valence-electron chi connectivity index (χ3n) is 2.14. The van der Waals surface area contributed by atoms with E-state index < -0.39 is 37.0 Å². The Labute approximate surface area is 104 Å². The van der Waals surface area contributed by atoms with E-state index in [1.807, 2.05) is 0 Å². The van der Waals surface area contributed by atoms with Crippen LogP contribution >= 0.6 is 0 Å². The van der Waals surface area contributed by atoms with E-state index in [4.69, 9.17) is 20.7 Å². The summed E-state index contributed by atoms with van der Waals surface area (Å²) >= 11 is 0. The Balaban J connectivity index is 4.42. The average molecular weight is 262 g/mol. The van der Waals surface area contributed by atoms with Crippen LogP contribution in [0.2, 0.25) is 0 Å². The zero-order valence-electron chi connectivity index (χ0n) is 10.2. The second kappa shape index (κ2) is 8.43. The molecule has 0 saturated heterocycles. The van der Waals surface area contributed by atoms with E-state index in [9.17, 15) is 14.4 Å². The molecule has 0 bridgehead atoms. The molecule has 0 aliphatic carbocycles. The van der Waals surface area contributed by atoms with Crippen LogP contribution in [0.1, 0.15) is 12.8 Å². The summed E-state index contributed by atoms with van der Waals surface area (Å²) in [5.41, 5.74) is 5.58. The minimum Gasteiger partial charge on any atom is -0.480 e. The van der Waals surface area contributed by atoms with Crippen LogP contribution in [0.15, 0.2) is 0 Å². The van der Waals surface area contributed by atoms with Crippen molar-refractivity contribution in [1.29, 1.82) is 0 Å². The van der Waals surface area contributed by atoms with Crippen molar-refractivity contribution in [2.75, 3.05) is 26.8 Å². The van der Waals surface area contributed by atoms with Gasteiger partial charge in [-0.2, -0.15) is 0 Å². The van der Waals surface area contributed by atoms with Gasteiger partial charge in [-0.3, -0.25) is 14.4 Å². The first-order chi connectivity index (χ1) is 8.38. The summed E-state index contributed by atoms with van der Waals surface area (Å²) in [6, 6.07) is -0.918. The fourth-order valence-corrected chi connectivity index (χ4v) is 1.34. The number of hydrogen-bond acceptors (Lipinski definition) is 5. The fourth-order valence-electron chi connectivity index (χ4n) is 1.34. The molecule has 8 heteroatoms. The van der Waals surface area contributed by atoms with Gasteiger partial charge in [0.15, 0.2) is 0 Å². The number of carboxylic acid groups (broad SMARTS) is 2. The van der Waals surface area contributed by atoms with E-state index in [-0.39, 0.29) is 0 Å². The Morgan fingerprint density at radius 3 is 2.11 bits per heavy atom. The van der Waals surface area contributed by atoms with Gasteiger partial charge in [0.2, 0.25) is 5.91 Å². The fraction of sp³-hybridized carbons (Fsp3) is 0.700. The summed E-state index contributed by atoms with van der Waals surface area (Å²) in [5.74, 6) is -3.25. The topological polar surface area (TPSA) is 130 Å². The minimum atomic E-state index is -1.28. The van der Waals surface area contributed by atoms with Crippen LogP contribution in [0.5, 0.6) is 0 Å². The van der Waals surface area contributed by atoms with E-state index in [2.05, 4.69) is 0 Å². The minimum absolute atomic E-state index is 0.308. The molecule has 104 valence electrons. The maximum atomic E-state index is 11.7. The predicted octanol–water partition coefficient (Wildman–Crippen LogP) is -1.26. The first-order valence-corrected chi connectivity index (χ1v) is 5.35. The van der Waals surface area contributed by atoms with E-state index in [0.717, 1.165) is 0 Å². The van der Waals surface area contributed by atoms with Crippen LogP contribution in [-0.4, -0.2) is 65.8 Å². The average Bonchev–Trinajstić information content (AvgIpc) is 2.26. The third-order valence-corrected chi connectivity index (χ3v) is 2.14. The Kier molecular flexibility index (Phi) is 7.64. The predicted molar refractivity (Wildman–Crippen MR) is 60.9 cm³/mol. The van der Waals surface area contributed by atoms with Gasteiger partial charge in [-0.25, -0.2) is 0 Å². The first-order valence-electron chi connectivity index (χ1n) is 5.35. The number of hydrogen-bond donors (Lipinski definition) is 3. The van der Waals surface area contributed by atoms with Crippen LogP contribution < -0.4 is 5.73 Å². The molecule has 0 rings (SSSR count). The van der Waals surface area contributed by atoms with Gasteiger partial charge in [-0.05, 0) is 12.8 Å². The van der Waals surface area contributed by atoms with Crippen molar-refractivity contribution >= 4 is 17.8 Å². The van der Waals surface area contributed by atoms with Crippen molar-refractivity contribution in [2.24, 2.45) is 5.73 Å². The van der Waals surface area contributed by atoms with Gasteiger partial charge < -0.3 is 25.6 Å². The number of nitrogens with zero attached hydrogens (tertiary/aromatic N) is 1. The molecule has 1 unspecified atom stereocenters. The molecule has 1 atom stereocenters. The zero-order chi connectivity index (χ0) is 14.1. The molecule has 18 heavy (non-hydrogen) atoms. The van der Waals surface area contributed by atoms with Crippen LogP contribution in [0.3, 0.4) is 0 Å². The molecule has 0 radical (unpaired) electrons. The number of amides is 1. The largest absolute Gasteiger partial charge is 0.480 e. The van der Waals surface area contributed by atoms with Gasteiger partial charge >= 0.3 is 11.9 Å². The van der Waals surface area contributed by atoms with Crippen molar-refractivity contribution in [3.8, 4) is 0 Å². The number of carboxylic acids is 2. The molecule has 8 nitrogen and oxygen atoms in total. The van der Waals surface area contributed by atoms with Gasteiger partial charge in [-0.1, -0.05) is 0 Å². The molecule has 0 aromatic heterocycles. The Morgan fingerprint density at radius 2 is 1.72 bits per heavy atom. The Bertz CT molecular complexity index is 291. The van der Waals surface area contributed by atoms with Crippen molar-refractivity contribution in [2.45, 2.75) is 18.9 Å². The van der Waals surface area contributed by atoms with Crippen molar-refractivity contribution in [3.63, 3.8) is 0 Å². The number of carbonyl (C=O) groups excluding carboxylic acids is 1. The molecule has 0 aliphatic heterocycles. The lowest BCUT2D eigenvalue weighted by molar-refractivity contribution is -0.150. The highest BCUT2D eigenvalue weighted by atomic mass is 16.5. The van der Waals surface area contributed by atoms with Gasteiger partial charge in [0.1, 0.15) is 13.1 Å². The molecule has 4 N–H and O–H groups in total. The van der Waals surface area contributed by atoms with E-state index in [1.54, 1.807) is 0 Å². The molecule has 0 aromatic carbocycles. The van der Waals surface area contributed by atoms with Crippen molar-refractivity contribution in [3.05, 3.63) is 0 Å². The third kappa shape index (κ3) is 6.81. The summed E-state index contributed by atoms with van der Waals surface area (Å²) < 4.78 is 4.79. The summed E-state index contributed by atoms with van der Waals surface area (Å²) in [6.45, 7) is -0.926. The number of nitrogens with two attached hydrogens (primary N) is 1. The van der Waals surface area contributed by atoms with Crippen molar-refractivity contribution < 1.29 is 29.3 Å². The maximum Gasteiger partial charge on any atom is 0.323 e. The molecule has 0 saturated carbocycles. The standard InChI is InChI=1S/C10H18N2O6/c1-18-4-2-3-7(11)10(17)12(5-8(13)14)6-9(15)16/h7H,2-6,11H2,1H3,(H,13,14)(H,15,16).